The van der Waals surface area contributed by atoms with Crippen molar-refractivity contribution >= 4 is 5.97 Å². The zero-order valence-electron chi connectivity index (χ0n) is 13.3. The van der Waals surface area contributed by atoms with Crippen LogP contribution in [0.4, 0.5) is 0 Å². The van der Waals surface area contributed by atoms with Gasteiger partial charge in [0.1, 0.15) is 12.2 Å². The average molecular weight is 298 g/mol. The lowest BCUT2D eigenvalue weighted by atomic mass is 10.0. The molecule has 4 atom stereocenters. The van der Waals surface area contributed by atoms with Gasteiger partial charge >= 0.3 is 5.97 Å². The summed E-state index contributed by atoms with van der Waals surface area (Å²) in [7, 11) is 0. The minimum atomic E-state index is -0.629. The Labute approximate surface area is 128 Å². The van der Waals surface area contributed by atoms with Gasteiger partial charge in [-0.25, -0.2) is 0 Å². The summed E-state index contributed by atoms with van der Waals surface area (Å²) in [6.07, 6.45) is 11.4. The van der Waals surface area contributed by atoms with Gasteiger partial charge < -0.3 is 14.6 Å². The van der Waals surface area contributed by atoms with Gasteiger partial charge in [0.15, 0.2) is 6.10 Å². The summed E-state index contributed by atoms with van der Waals surface area (Å²) < 4.78 is 10.8. The SMILES string of the molecule is CCCCCCCCCCC[C@H]1O[C@@H]2CC(=O)O[C@@H]2[C@H]1O. The average Bonchev–Trinajstić information content (AvgIpc) is 2.96. The van der Waals surface area contributed by atoms with Crippen LogP contribution in [0.2, 0.25) is 0 Å². The first kappa shape index (κ1) is 16.8. The molecule has 2 rings (SSSR count). The number of hydrogen-bond donors (Lipinski definition) is 1. The monoisotopic (exact) mass is 298 g/mol. The number of aliphatic hydroxyl groups excluding tert-OH is 1. The van der Waals surface area contributed by atoms with Gasteiger partial charge in [0.2, 0.25) is 0 Å². The molecular formula is C17H30O4. The zero-order chi connectivity index (χ0) is 15.1. The fraction of sp³-hybridized carbons (Fsp3) is 0.941. The summed E-state index contributed by atoms with van der Waals surface area (Å²) in [5.74, 6) is -0.245. The minimum absolute atomic E-state index is 0.141. The van der Waals surface area contributed by atoms with Crippen LogP contribution in [0, 0.1) is 0 Å². The van der Waals surface area contributed by atoms with E-state index in [2.05, 4.69) is 6.92 Å². The van der Waals surface area contributed by atoms with Crippen LogP contribution in [0.15, 0.2) is 0 Å². The Balaban J connectivity index is 1.48. The van der Waals surface area contributed by atoms with Crippen LogP contribution in [-0.2, 0) is 14.3 Å². The molecule has 0 bridgehead atoms. The lowest BCUT2D eigenvalue weighted by molar-refractivity contribution is -0.145. The number of ether oxygens (including phenoxy) is 2. The fourth-order valence-corrected chi connectivity index (χ4v) is 3.38. The van der Waals surface area contributed by atoms with E-state index in [-0.39, 0.29) is 18.2 Å². The first-order valence-electron chi connectivity index (χ1n) is 8.75. The molecule has 21 heavy (non-hydrogen) atoms. The molecular weight excluding hydrogens is 268 g/mol. The molecule has 0 amide bonds. The van der Waals surface area contributed by atoms with Gasteiger partial charge in [-0.1, -0.05) is 64.7 Å². The molecule has 0 unspecified atom stereocenters. The molecule has 2 fully saturated rings. The molecule has 0 saturated carbocycles. The second-order valence-electron chi connectivity index (χ2n) is 6.48. The third kappa shape index (κ3) is 4.96. The molecule has 0 aromatic carbocycles. The molecule has 0 aromatic heterocycles. The topological polar surface area (TPSA) is 55.8 Å². The van der Waals surface area contributed by atoms with E-state index < -0.39 is 12.2 Å². The smallest absolute Gasteiger partial charge is 0.309 e. The zero-order valence-corrected chi connectivity index (χ0v) is 13.3. The number of aliphatic hydroxyl groups is 1. The lowest BCUT2D eigenvalue weighted by Gasteiger charge is -2.16. The van der Waals surface area contributed by atoms with Gasteiger partial charge in [-0.2, -0.15) is 0 Å². The molecule has 2 aliphatic heterocycles. The van der Waals surface area contributed by atoms with Crippen molar-refractivity contribution in [3.8, 4) is 0 Å². The maximum atomic E-state index is 11.1. The van der Waals surface area contributed by atoms with Crippen LogP contribution in [0.5, 0.6) is 0 Å². The first-order chi connectivity index (χ1) is 10.2. The van der Waals surface area contributed by atoms with Crippen molar-refractivity contribution < 1.29 is 19.4 Å². The summed E-state index contributed by atoms with van der Waals surface area (Å²) >= 11 is 0. The predicted octanol–water partition coefficient (Wildman–Crippen LogP) is 3.35. The van der Waals surface area contributed by atoms with E-state index in [9.17, 15) is 9.90 Å². The van der Waals surface area contributed by atoms with Crippen LogP contribution in [0.1, 0.15) is 77.6 Å². The summed E-state index contributed by atoms with van der Waals surface area (Å²) in [5, 5.41) is 10.1. The molecule has 2 heterocycles. The van der Waals surface area contributed by atoms with Gasteiger partial charge in [0.05, 0.1) is 12.5 Å². The third-order valence-corrected chi connectivity index (χ3v) is 4.66. The van der Waals surface area contributed by atoms with Gasteiger partial charge in [-0.05, 0) is 6.42 Å². The highest BCUT2D eigenvalue weighted by Crippen LogP contribution is 2.33. The lowest BCUT2D eigenvalue weighted by Crippen LogP contribution is -2.31. The van der Waals surface area contributed by atoms with E-state index in [1.807, 2.05) is 0 Å². The maximum Gasteiger partial charge on any atom is 0.309 e. The highest BCUT2D eigenvalue weighted by Gasteiger charge is 2.50. The Morgan fingerprint density at radius 3 is 2.29 bits per heavy atom. The quantitative estimate of drug-likeness (QED) is 0.496. The normalized spacial score (nSPS) is 31.4. The highest BCUT2D eigenvalue weighted by molar-refractivity contribution is 5.72. The molecule has 122 valence electrons. The Bertz CT molecular complexity index is 318. The van der Waals surface area contributed by atoms with Crippen LogP contribution >= 0.6 is 0 Å². The van der Waals surface area contributed by atoms with E-state index >= 15 is 0 Å². The Kier molecular flexibility index (Phi) is 6.97. The molecule has 0 spiro atoms. The Morgan fingerprint density at radius 1 is 1.05 bits per heavy atom. The van der Waals surface area contributed by atoms with Crippen molar-refractivity contribution in [1.82, 2.24) is 0 Å². The van der Waals surface area contributed by atoms with E-state index in [1.54, 1.807) is 0 Å². The molecule has 2 aliphatic rings. The summed E-state index contributed by atoms with van der Waals surface area (Å²) in [5.41, 5.74) is 0. The molecule has 4 nitrogen and oxygen atoms in total. The van der Waals surface area contributed by atoms with Crippen molar-refractivity contribution in [3.63, 3.8) is 0 Å². The number of unbranched alkanes of at least 4 members (excludes halogenated alkanes) is 8. The number of rotatable bonds is 10. The number of carbonyl (C=O) groups excluding carboxylic acids is 1. The summed E-state index contributed by atoms with van der Waals surface area (Å²) in [6, 6.07) is 0. The number of hydrogen-bond acceptors (Lipinski definition) is 4. The van der Waals surface area contributed by atoms with Crippen LogP contribution < -0.4 is 0 Å². The van der Waals surface area contributed by atoms with E-state index in [0.717, 1.165) is 12.8 Å². The molecule has 2 saturated heterocycles. The number of carbonyl (C=O) groups is 1. The molecule has 1 N–H and O–H groups in total. The van der Waals surface area contributed by atoms with Crippen molar-refractivity contribution in [1.29, 1.82) is 0 Å². The molecule has 0 aromatic rings. The van der Waals surface area contributed by atoms with E-state index in [4.69, 9.17) is 9.47 Å². The Hall–Kier alpha value is -0.610. The fourth-order valence-electron chi connectivity index (χ4n) is 3.38. The summed E-state index contributed by atoms with van der Waals surface area (Å²) in [6.45, 7) is 2.24. The first-order valence-corrected chi connectivity index (χ1v) is 8.75. The van der Waals surface area contributed by atoms with Gasteiger partial charge in [0.25, 0.3) is 0 Å². The molecule has 0 radical (unpaired) electrons. The standard InChI is InChI=1S/C17H30O4/c1-2-3-4-5-6-7-8-9-10-11-13-16(19)17-14(20-13)12-15(18)21-17/h13-14,16-17,19H,2-12H2,1H3/t13-,14-,16+,17+/m1/s1. The third-order valence-electron chi connectivity index (χ3n) is 4.66. The number of esters is 1. The van der Waals surface area contributed by atoms with Crippen molar-refractivity contribution in [2.45, 2.75) is 102 Å². The summed E-state index contributed by atoms with van der Waals surface area (Å²) in [4.78, 5) is 11.1. The maximum absolute atomic E-state index is 11.1. The van der Waals surface area contributed by atoms with Crippen LogP contribution in [0.25, 0.3) is 0 Å². The second-order valence-corrected chi connectivity index (χ2v) is 6.48. The van der Waals surface area contributed by atoms with Crippen LogP contribution in [0.3, 0.4) is 0 Å². The van der Waals surface area contributed by atoms with E-state index in [0.29, 0.717) is 6.42 Å². The van der Waals surface area contributed by atoms with Gasteiger partial charge in [-0.15, -0.1) is 0 Å². The van der Waals surface area contributed by atoms with Crippen molar-refractivity contribution in [2.75, 3.05) is 0 Å². The van der Waals surface area contributed by atoms with Crippen molar-refractivity contribution in [2.24, 2.45) is 0 Å². The Morgan fingerprint density at radius 2 is 1.67 bits per heavy atom. The van der Waals surface area contributed by atoms with Crippen LogP contribution in [-0.4, -0.2) is 35.5 Å². The molecule has 4 heteroatoms. The van der Waals surface area contributed by atoms with Gasteiger partial charge in [-0.3, -0.25) is 4.79 Å². The second kappa shape index (κ2) is 8.74. The van der Waals surface area contributed by atoms with Crippen molar-refractivity contribution in [3.05, 3.63) is 0 Å². The minimum Gasteiger partial charge on any atom is -0.457 e. The molecule has 0 aliphatic carbocycles. The van der Waals surface area contributed by atoms with Gasteiger partial charge in [0, 0.05) is 0 Å². The largest absolute Gasteiger partial charge is 0.457 e. The number of fused-ring (bicyclic) bond motifs is 1. The van der Waals surface area contributed by atoms with E-state index in [1.165, 1.54) is 51.4 Å². The predicted molar refractivity (Wildman–Crippen MR) is 81.0 cm³/mol. The highest BCUT2D eigenvalue weighted by atomic mass is 16.6.